The van der Waals surface area contributed by atoms with E-state index >= 15 is 0 Å². The summed E-state index contributed by atoms with van der Waals surface area (Å²) in [6.07, 6.45) is 1.88. The molecule has 1 heterocycles. The summed E-state index contributed by atoms with van der Waals surface area (Å²) >= 11 is 3.13. The topological polar surface area (TPSA) is 67.3 Å². The van der Waals surface area contributed by atoms with E-state index in [-0.39, 0.29) is 21.7 Å². The van der Waals surface area contributed by atoms with Crippen LogP contribution in [0.25, 0.3) is 10.9 Å². The van der Waals surface area contributed by atoms with Crippen LogP contribution < -0.4 is 0 Å². The van der Waals surface area contributed by atoms with Crippen molar-refractivity contribution in [2.45, 2.75) is 18.8 Å². The number of carboxylic acids is 1. The zero-order valence-corrected chi connectivity index (χ0v) is 11.8. The van der Waals surface area contributed by atoms with Crippen molar-refractivity contribution in [2.24, 2.45) is 0 Å². The second-order valence-electron chi connectivity index (χ2n) is 4.79. The van der Waals surface area contributed by atoms with Crippen LogP contribution in [0.1, 0.15) is 34.7 Å². The van der Waals surface area contributed by atoms with Gasteiger partial charge in [-0.1, -0.05) is 0 Å². The van der Waals surface area contributed by atoms with Crippen LogP contribution in [0.4, 0.5) is 4.39 Å². The fraction of sp³-hybridized carbons (Fsp3) is 0.214. The third kappa shape index (κ3) is 1.91. The highest BCUT2D eigenvalue weighted by Crippen LogP contribution is 2.40. The summed E-state index contributed by atoms with van der Waals surface area (Å²) in [7, 11) is 0. The highest BCUT2D eigenvalue weighted by Gasteiger charge is 2.33. The Morgan fingerprint density at radius 1 is 1.40 bits per heavy atom. The molecular formula is C14H9BrFNO3. The highest BCUT2D eigenvalue weighted by atomic mass is 79.9. The molecule has 4 nitrogen and oxygen atoms in total. The van der Waals surface area contributed by atoms with Gasteiger partial charge in [0.15, 0.2) is 0 Å². The molecule has 20 heavy (non-hydrogen) atoms. The Hall–Kier alpha value is -1.82. The first-order chi connectivity index (χ1) is 9.49. The number of ketones is 1. The predicted molar refractivity (Wildman–Crippen MR) is 73.3 cm³/mol. The number of halogens is 2. The Morgan fingerprint density at radius 2 is 2.10 bits per heavy atom. The lowest BCUT2D eigenvalue weighted by Gasteiger charge is -2.27. The number of aromatic nitrogens is 1. The minimum absolute atomic E-state index is 0.0773. The van der Waals surface area contributed by atoms with Crippen LogP contribution in [0.5, 0.6) is 0 Å². The molecule has 0 radical (unpaired) electrons. The Bertz CT molecular complexity index is 752. The normalized spacial score (nSPS) is 15.4. The zero-order chi connectivity index (χ0) is 14.4. The van der Waals surface area contributed by atoms with Crippen LogP contribution in [0.3, 0.4) is 0 Å². The quantitative estimate of drug-likeness (QED) is 0.913. The fourth-order valence-corrected chi connectivity index (χ4v) is 2.98. The Morgan fingerprint density at radius 3 is 2.70 bits per heavy atom. The maximum atomic E-state index is 13.5. The van der Waals surface area contributed by atoms with Crippen molar-refractivity contribution >= 4 is 38.6 Å². The number of Topliss-reactive ketones (excluding diaryl/α,β-unsaturated/α-hetero) is 1. The second kappa shape index (κ2) is 4.63. The number of pyridine rings is 1. The minimum atomic E-state index is -1.09. The van der Waals surface area contributed by atoms with Gasteiger partial charge in [-0.25, -0.2) is 9.18 Å². The molecule has 1 aromatic heterocycles. The highest BCUT2D eigenvalue weighted by molar-refractivity contribution is 9.10. The summed E-state index contributed by atoms with van der Waals surface area (Å²) in [4.78, 5) is 26.6. The first-order valence-corrected chi connectivity index (χ1v) is 6.80. The van der Waals surface area contributed by atoms with Gasteiger partial charge in [0.05, 0.1) is 15.6 Å². The Labute approximate surface area is 121 Å². The van der Waals surface area contributed by atoms with Crippen molar-refractivity contribution in [3.8, 4) is 0 Å². The van der Waals surface area contributed by atoms with Crippen molar-refractivity contribution in [2.75, 3.05) is 0 Å². The Balaban J connectivity index is 2.31. The van der Waals surface area contributed by atoms with E-state index in [4.69, 9.17) is 0 Å². The van der Waals surface area contributed by atoms with E-state index in [1.807, 2.05) is 0 Å². The number of carboxylic acid groups (broad SMARTS) is 1. The van der Waals surface area contributed by atoms with Gasteiger partial charge in [-0.3, -0.25) is 9.78 Å². The third-order valence-corrected chi connectivity index (χ3v) is 4.31. The number of rotatable bonds is 2. The van der Waals surface area contributed by atoms with Crippen LogP contribution in [0.15, 0.2) is 22.8 Å². The number of nitrogens with zero attached hydrogens (tertiary/aromatic N) is 1. The monoisotopic (exact) mass is 337 g/mol. The molecule has 0 amide bonds. The average molecular weight is 338 g/mol. The molecule has 1 saturated carbocycles. The summed E-state index contributed by atoms with van der Waals surface area (Å²) in [6, 6.07) is 2.79. The largest absolute Gasteiger partial charge is 0.478 e. The number of benzene rings is 1. The molecule has 3 rings (SSSR count). The number of hydrogen-bond donors (Lipinski definition) is 1. The maximum absolute atomic E-state index is 13.5. The number of carbonyl (C=O) groups excluding carboxylic acids is 1. The van der Waals surface area contributed by atoms with Crippen LogP contribution in [0, 0.1) is 5.82 Å². The molecular weight excluding hydrogens is 329 g/mol. The zero-order valence-electron chi connectivity index (χ0n) is 10.2. The van der Waals surface area contributed by atoms with E-state index in [1.165, 1.54) is 18.3 Å². The van der Waals surface area contributed by atoms with Crippen molar-refractivity contribution in [1.82, 2.24) is 4.98 Å². The van der Waals surface area contributed by atoms with E-state index in [0.717, 1.165) is 0 Å². The lowest BCUT2D eigenvalue weighted by Crippen LogP contribution is -2.23. The lowest BCUT2D eigenvalue weighted by molar-refractivity contribution is -0.124. The van der Waals surface area contributed by atoms with E-state index in [9.17, 15) is 19.1 Å². The molecule has 1 N–H and O–H groups in total. The van der Waals surface area contributed by atoms with Gasteiger partial charge in [-0.2, -0.15) is 0 Å². The summed E-state index contributed by atoms with van der Waals surface area (Å²) < 4.78 is 13.7. The number of hydrogen-bond acceptors (Lipinski definition) is 3. The first-order valence-electron chi connectivity index (χ1n) is 6.00. The van der Waals surface area contributed by atoms with Gasteiger partial charge < -0.3 is 5.11 Å². The Kier molecular flexibility index (Phi) is 3.05. The summed E-state index contributed by atoms with van der Waals surface area (Å²) in [5.74, 6) is -1.56. The number of fused-ring (bicyclic) bond motifs is 1. The molecule has 0 aliphatic heterocycles. The van der Waals surface area contributed by atoms with E-state index < -0.39 is 11.8 Å². The predicted octanol–water partition coefficient (Wildman–Crippen LogP) is 3.28. The molecule has 0 unspecified atom stereocenters. The van der Waals surface area contributed by atoms with Gasteiger partial charge in [-0.15, -0.1) is 0 Å². The summed E-state index contributed by atoms with van der Waals surface area (Å²) in [5.41, 5.74) is 1.03. The van der Waals surface area contributed by atoms with Crippen molar-refractivity contribution in [3.63, 3.8) is 0 Å². The molecule has 0 saturated heterocycles. The van der Waals surface area contributed by atoms with Gasteiger partial charge >= 0.3 is 5.97 Å². The van der Waals surface area contributed by atoms with E-state index in [1.54, 1.807) is 0 Å². The lowest BCUT2D eigenvalue weighted by atomic mass is 9.76. The first kappa shape index (κ1) is 13.2. The number of aromatic carboxylic acids is 1. The molecule has 6 heteroatoms. The van der Waals surface area contributed by atoms with Crippen LogP contribution in [-0.2, 0) is 4.79 Å². The van der Waals surface area contributed by atoms with Gasteiger partial charge in [0, 0.05) is 24.4 Å². The molecule has 0 atom stereocenters. The molecule has 1 aromatic carbocycles. The van der Waals surface area contributed by atoms with Crippen LogP contribution in [0.2, 0.25) is 0 Å². The van der Waals surface area contributed by atoms with Gasteiger partial charge in [0.25, 0.3) is 0 Å². The fourth-order valence-electron chi connectivity index (χ4n) is 2.53. The van der Waals surface area contributed by atoms with Crippen LogP contribution in [-0.4, -0.2) is 21.8 Å². The van der Waals surface area contributed by atoms with E-state index in [0.29, 0.717) is 29.3 Å². The molecule has 2 aromatic rings. The molecule has 102 valence electrons. The van der Waals surface area contributed by atoms with E-state index in [2.05, 4.69) is 20.9 Å². The summed E-state index contributed by atoms with van der Waals surface area (Å²) in [6.45, 7) is 0. The second-order valence-corrected chi connectivity index (χ2v) is 5.59. The molecule has 0 bridgehead atoms. The number of carbonyl (C=O) groups is 2. The standard InChI is InChI=1S/C14H9BrFNO3/c15-12-10(16)2-1-8-11(6-3-7(18)4-6)9(14(19)20)5-17-13(8)12/h1-2,5-6H,3-4H2,(H,19,20). The van der Waals surface area contributed by atoms with Gasteiger partial charge in [0.2, 0.25) is 0 Å². The molecule has 0 spiro atoms. The molecule has 1 fully saturated rings. The van der Waals surface area contributed by atoms with Crippen molar-refractivity contribution < 1.29 is 19.1 Å². The smallest absolute Gasteiger partial charge is 0.337 e. The van der Waals surface area contributed by atoms with Crippen molar-refractivity contribution in [1.29, 1.82) is 0 Å². The van der Waals surface area contributed by atoms with Crippen molar-refractivity contribution in [3.05, 3.63) is 39.7 Å². The van der Waals surface area contributed by atoms with Gasteiger partial charge in [-0.05, 0) is 39.5 Å². The third-order valence-electron chi connectivity index (χ3n) is 3.56. The maximum Gasteiger partial charge on any atom is 0.337 e. The SMILES string of the molecule is O=C1CC(c2c(C(=O)O)cnc3c(Br)c(F)ccc23)C1. The summed E-state index contributed by atoms with van der Waals surface area (Å²) in [5, 5.41) is 9.85. The molecule has 1 aliphatic rings. The molecule has 1 aliphatic carbocycles. The minimum Gasteiger partial charge on any atom is -0.478 e. The average Bonchev–Trinajstić information content (AvgIpc) is 2.38. The van der Waals surface area contributed by atoms with Crippen LogP contribution >= 0.6 is 15.9 Å². The van der Waals surface area contributed by atoms with Gasteiger partial charge in [0.1, 0.15) is 11.6 Å².